The minimum atomic E-state index is -0.625. The second-order valence-electron chi connectivity index (χ2n) is 5.64. The van der Waals surface area contributed by atoms with Crippen molar-refractivity contribution in [1.82, 2.24) is 3.96 Å². The summed E-state index contributed by atoms with van der Waals surface area (Å²) in [5.74, 6) is -0.435. The van der Waals surface area contributed by atoms with Crippen LogP contribution in [0.25, 0.3) is 10.1 Å². The van der Waals surface area contributed by atoms with Gasteiger partial charge in [0, 0.05) is 18.3 Å². The molecule has 1 atom stereocenters. The summed E-state index contributed by atoms with van der Waals surface area (Å²) in [5, 5.41) is 6.07. The molecule has 0 fully saturated rings. The minimum absolute atomic E-state index is 0.158. The van der Waals surface area contributed by atoms with Gasteiger partial charge in [0.05, 0.1) is 10.1 Å². The summed E-state index contributed by atoms with van der Waals surface area (Å²) in [6.07, 6.45) is 0. The Morgan fingerprint density at radius 3 is 2.20 bits per heavy atom. The minimum Gasteiger partial charge on any atom is -0.326 e. The second kappa shape index (κ2) is 6.90. The van der Waals surface area contributed by atoms with Crippen LogP contribution in [0, 0.1) is 0 Å². The SMILES string of the molecule is CC(=O)Nc1ccc(NC(=O)C(C)n2sc3ccccc3c2=O)cc1. The summed E-state index contributed by atoms with van der Waals surface area (Å²) < 4.78 is 2.33. The number of aromatic nitrogens is 1. The van der Waals surface area contributed by atoms with Gasteiger partial charge in [-0.25, -0.2) is 0 Å². The van der Waals surface area contributed by atoms with Crippen molar-refractivity contribution in [2.24, 2.45) is 0 Å². The first kappa shape index (κ1) is 16.9. The Hall–Kier alpha value is -2.93. The first-order chi connectivity index (χ1) is 12.0. The van der Waals surface area contributed by atoms with Crippen LogP contribution >= 0.6 is 11.5 Å². The highest BCUT2D eigenvalue weighted by Gasteiger charge is 2.19. The first-order valence-corrected chi connectivity index (χ1v) is 8.52. The third kappa shape index (κ3) is 3.61. The molecule has 0 spiro atoms. The van der Waals surface area contributed by atoms with Gasteiger partial charge in [0.1, 0.15) is 6.04 Å². The lowest BCUT2D eigenvalue weighted by molar-refractivity contribution is -0.118. The number of hydrogen-bond donors (Lipinski definition) is 2. The molecule has 128 valence electrons. The number of carbonyl (C=O) groups excluding carboxylic acids is 2. The van der Waals surface area contributed by atoms with Gasteiger partial charge < -0.3 is 10.6 Å². The highest BCUT2D eigenvalue weighted by atomic mass is 32.1. The average Bonchev–Trinajstić information content (AvgIpc) is 2.93. The summed E-state index contributed by atoms with van der Waals surface area (Å²) in [6, 6.07) is 13.5. The van der Waals surface area contributed by atoms with E-state index < -0.39 is 6.04 Å². The van der Waals surface area contributed by atoms with E-state index in [1.165, 1.54) is 22.4 Å². The van der Waals surface area contributed by atoms with E-state index in [1.807, 2.05) is 18.2 Å². The molecule has 1 aromatic heterocycles. The van der Waals surface area contributed by atoms with Crippen molar-refractivity contribution < 1.29 is 9.59 Å². The summed E-state index contributed by atoms with van der Waals surface area (Å²) in [7, 11) is 0. The standard InChI is InChI=1S/C18H17N3O3S/c1-11(21-18(24)15-5-3-4-6-16(15)25-21)17(23)20-14-9-7-13(8-10-14)19-12(2)22/h3-11H,1-2H3,(H,19,22)(H,20,23). The van der Waals surface area contributed by atoms with E-state index in [-0.39, 0.29) is 17.4 Å². The number of nitrogens with zero attached hydrogens (tertiary/aromatic N) is 1. The molecule has 0 saturated carbocycles. The fourth-order valence-corrected chi connectivity index (χ4v) is 3.48. The lowest BCUT2D eigenvalue weighted by atomic mass is 10.2. The van der Waals surface area contributed by atoms with Crippen LogP contribution in [0.4, 0.5) is 11.4 Å². The molecule has 7 heteroatoms. The Morgan fingerprint density at radius 2 is 1.60 bits per heavy atom. The van der Waals surface area contributed by atoms with Crippen LogP contribution in [0.3, 0.4) is 0 Å². The number of nitrogens with one attached hydrogen (secondary N) is 2. The van der Waals surface area contributed by atoms with Gasteiger partial charge in [-0.05, 0) is 43.3 Å². The van der Waals surface area contributed by atoms with Crippen molar-refractivity contribution in [1.29, 1.82) is 0 Å². The van der Waals surface area contributed by atoms with E-state index in [0.29, 0.717) is 16.8 Å². The van der Waals surface area contributed by atoms with E-state index in [1.54, 1.807) is 37.3 Å². The summed E-state index contributed by atoms with van der Waals surface area (Å²) in [6.45, 7) is 3.12. The summed E-state index contributed by atoms with van der Waals surface area (Å²) in [4.78, 5) is 35.9. The zero-order valence-corrected chi connectivity index (χ0v) is 14.6. The zero-order chi connectivity index (χ0) is 18.0. The summed E-state index contributed by atoms with van der Waals surface area (Å²) in [5.41, 5.74) is 1.09. The Labute approximate surface area is 148 Å². The Balaban J connectivity index is 1.77. The van der Waals surface area contributed by atoms with Gasteiger partial charge in [-0.15, -0.1) is 0 Å². The van der Waals surface area contributed by atoms with Gasteiger partial charge >= 0.3 is 0 Å². The molecule has 0 aliphatic carbocycles. The van der Waals surface area contributed by atoms with Crippen molar-refractivity contribution in [3.63, 3.8) is 0 Å². The number of carbonyl (C=O) groups is 2. The van der Waals surface area contributed by atoms with E-state index in [2.05, 4.69) is 10.6 Å². The Kier molecular flexibility index (Phi) is 4.67. The first-order valence-electron chi connectivity index (χ1n) is 7.75. The van der Waals surface area contributed by atoms with Crippen LogP contribution in [-0.2, 0) is 9.59 Å². The monoisotopic (exact) mass is 355 g/mol. The number of benzene rings is 2. The molecule has 2 amide bonds. The largest absolute Gasteiger partial charge is 0.326 e. The molecule has 3 rings (SSSR count). The van der Waals surface area contributed by atoms with E-state index in [4.69, 9.17) is 0 Å². The van der Waals surface area contributed by atoms with Crippen molar-refractivity contribution in [2.45, 2.75) is 19.9 Å². The summed E-state index contributed by atoms with van der Waals surface area (Å²) >= 11 is 1.28. The number of hydrogen-bond acceptors (Lipinski definition) is 4. The fraction of sp³-hybridized carbons (Fsp3) is 0.167. The quantitative estimate of drug-likeness (QED) is 0.754. The smallest absolute Gasteiger partial charge is 0.269 e. The van der Waals surface area contributed by atoms with Crippen LogP contribution in [0.15, 0.2) is 53.3 Å². The third-order valence-electron chi connectivity index (χ3n) is 3.72. The van der Waals surface area contributed by atoms with Crippen molar-refractivity contribution in [2.75, 3.05) is 10.6 Å². The van der Waals surface area contributed by atoms with E-state index in [0.717, 1.165) is 4.70 Å². The molecule has 3 aromatic rings. The number of anilines is 2. The van der Waals surface area contributed by atoms with Crippen LogP contribution < -0.4 is 16.2 Å². The van der Waals surface area contributed by atoms with Gasteiger partial charge in [0.25, 0.3) is 5.56 Å². The maximum Gasteiger partial charge on any atom is 0.269 e. The maximum absolute atomic E-state index is 12.5. The second-order valence-corrected chi connectivity index (χ2v) is 6.66. The average molecular weight is 355 g/mol. The predicted octanol–water partition coefficient (Wildman–Crippen LogP) is 3.22. The molecule has 0 bridgehead atoms. The molecular formula is C18H17N3O3S. The number of rotatable bonds is 4. The van der Waals surface area contributed by atoms with E-state index in [9.17, 15) is 14.4 Å². The molecule has 0 radical (unpaired) electrons. The van der Waals surface area contributed by atoms with Crippen molar-refractivity contribution in [3.05, 3.63) is 58.9 Å². The molecule has 0 aliphatic heterocycles. The topological polar surface area (TPSA) is 80.2 Å². The molecule has 25 heavy (non-hydrogen) atoms. The molecule has 0 saturated heterocycles. The maximum atomic E-state index is 12.5. The molecule has 2 aromatic carbocycles. The number of fused-ring (bicyclic) bond motifs is 1. The van der Waals surface area contributed by atoms with Gasteiger partial charge in [-0.2, -0.15) is 0 Å². The van der Waals surface area contributed by atoms with Crippen molar-refractivity contribution >= 4 is 44.8 Å². The van der Waals surface area contributed by atoms with Gasteiger partial charge in [-0.3, -0.25) is 18.3 Å². The van der Waals surface area contributed by atoms with Crippen LogP contribution in [0.2, 0.25) is 0 Å². The molecule has 1 unspecified atom stereocenters. The van der Waals surface area contributed by atoms with Crippen LogP contribution in [-0.4, -0.2) is 15.8 Å². The van der Waals surface area contributed by atoms with Crippen molar-refractivity contribution in [3.8, 4) is 0 Å². The van der Waals surface area contributed by atoms with Crippen LogP contribution in [0.1, 0.15) is 19.9 Å². The normalized spacial score (nSPS) is 11.9. The fourth-order valence-electron chi connectivity index (χ4n) is 2.44. The highest BCUT2D eigenvalue weighted by molar-refractivity contribution is 7.14. The Morgan fingerprint density at radius 1 is 1.00 bits per heavy atom. The molecular weight excluding hydrogens is 338 g/mol. The van der Waals surface area contributed by atoms with Crippen LogP contribution in [0.5, 0.6) is 0 Å². The van der Waals surface area contributed by atoms with Gasteiger partial charge in [0.2, 0.25) is 11.8 Å². The lowest BCUT2D eigenvalue weighted by Crippen LogP contribution is -2.28. The molecule has 6 nitrogen and oxygen atoms in total. The molecule has 1 heterocycles. The Bertz CT molecular complexity index is 989. The predicted molar refractivity (Wildman–Crippen MR) is 100 cm³/mol. The van der Waals surface area contributed by atoms with Gasteiger partial charge in [-0.1, -0.05) is 23.7 Å². The molecule has 0 aliphatic rings. The number of amides is 2. The lowest BCUT2D eigenvalue weighted by Gasteiger charge is -2.12. The van der Waals surface area contributed by atoms with E-state index >= 15 is 0 Å². The third-order valence-corrected chi connectivity index (χ3v) is 4.95. The zero-order valence-electron chi connectivity index (χ0n) is 13.8. The van der Waals surface area contributed by atoms with Gasteiger partial charge in [0.15, 0.2) is 0 Å². The highest BCUT2D eigenvalue weighted by Crippen LogP contribution is 2.21. The molecule has 2 N–H and O–H groups in total.